The minimum absolute atomic E-state index is 0.0556. The first-order valence-corrected chi connectivity index (χ1v) is 9.12. The average Bonchev–Trinajstić information content (AvgIpc) is 2.31. The number of amides is 2. The van der Waals surface area contributed by atoms with Crippen molar-refractivity contribution in [3.63, 3.8) is 0 Å². The number of hydrogen-bond acceptors (Lipinski definition) is 2. The maximum Gasteiger partial charge on any atom is 0.247 e. The van der Waals surface area contributed by atoms with Crippen LogP contribution in [-0.4, -0.2) is 22.9 Å². The van der Waals surface area contributed by atoms with Crippen molar-refractivity contribution in [1.29, 1.82) is 0 Å². The number of carbonyl (C=O) groups excluding carboxylic acids is 2. The fraction of sp³-hybridized carbons (Fsp3) is 0.727. The van der Waals surface area contributed by atoms with Crippen LogP contribution in [0.25, 0.3) is 0 Å². The summed E-state index contributed by atoms with van der Waals surface area (Å²) in [6.07, 6.45) is 0. The average molecular weight is 367 g/mol. The molecule has 0 unspecified atom stereocenters. The summed E-state index contributed by atoms with van der Waals surface area (Å²) in [6, 6.07) is 0. The smallest absolute Gasteiger partial charge is 0.247 e. The van der Waals surface area contributed by atoms with Crippen molar-refractivity contribution in [3.05, 3.63) is 24.3 Å². The van der Waals surface area contributed by atoms with Gasteiger partial charge in [-0.05, 0) is 52.4 Å². The van der Waals surface area contributed by atoms with Crippen LogP contribution >= 0.6 is 0 Å². The van der Waals surface area contributed by atoms with Crippen LogP contribution in [-0.2, 0) is 9.59 Å². The topological polar surface area (TPSA) is 58.2 Å². The van der Waals surface area contributed by atoms with Gasteiger partial charge in [0.15, 0.2) is 0 Å². The van der Waals surface area contributed by atoms with Crippen LogP contribution < -0.4 is 10.6 Å². The summed E-state index contributed by atoms with van der Waals surface area (Å²) in [5, 5.41) is 5.77. The lowest BCUT2D eigenvalue weighted by Crippen LogP contribution is -2.43. The molecule has 0 aliphatic heterocycles. The van der Waals surface area contributed by atoms with Gasteiger partial charge in [0, 0.05) is 22.2 Å². The molecule has 2 amide bonds. The van der Waals surface area contributed by atoms with Crippen molar-refractivity contribution in [1.82, 2.24) is 10.6 Å². The molecule has 0 spiro atoms. The third-order valence-electron chi connectivity index (χ3n) is 3.34. The molecule has 0 atom stereocenters. The molecule has 0 heterocycles. The first-order valence-electron chi connectivity index (χ1n) is 9.12. The van der Waals surface area contributed by atoms with Crippen LogP contribution in [0.15, 0.2) is 24.3 Å². The molecule has 0 radical (unpaired) electrons. The first-order chi connectivity index (χ1) is 11.1. The zero-order valence-electron chi connectivity index (χ0n) is 19.2. The lowest BCUT2D eigenvalue weighted by molar-refractivity contribution is -0.120. The molecule has 0 aliphatic rings. The van der Waals surface area contributed by atoms with E-state index in [9.17, 15) is 9.59 Å². The highest BCUT2D eigenvalue weighted by Gasteiger charge is 2.25. The molecule has 0 aliphatic carbocycles. The van der Waals surface area contributed by atoms with E-state index >= 15 is 0 Å². The summed E-state index contributed by atoms with van der Waals surface area (Å²) in [4.78, 5) is 23.2. The van der Waals surface area contributed by atoms with Gasteiger partial charge in [-0.25, -0.2) is 0 Å². The zero-order valence-corrected chi connectivity index (χ0v) is 19.2. The molecular formula is C22H42N2O2. The summed E-state index contributed by atoms with van der Waals surface area (Å²) < 4.78 is 0. The van der Waals surface area contributed by atoms with Crippen LogP contribution in [0.2, 0.25) is 0 Å². The molecular weight excluding hydrogens is 324 g/mol. The Morgan fingerprint density at radius 2 is 0.731 bits per heavy atom. The second-order valence-corrected chi connectivity index (χ2v) is 10.9. The summed E-state index contributed by atoms with van der Waals surface area (Å²) in [5.74, 6) is -0.111. The Labute approximate surface area is 161 Å². The van der Waals surface area contributed by atoms with E-state index in [0.717, 1.165) is 0 Å². The molecule has 4 nitrogen and oxygen atoms in total. The molecule has 0 bridgehead atoms. The lowest BCUT2D eigenvalue weighted by Gasteiger charge is -2.26. The van der Waals surface area contributed by atoms with Crippen LogP contribution in [0.1, 0.15) is 83.1 Å². The second-order valence-electron chi connectivity index (χ2n) is 10.9. The normalized spacial score (nSPS) is 12.5. The molecule has 0 rings (SSSR count). The molecule has 152 valence electrons. The van der Waals surface area contributed by atoms with Crippen molar-refractivity contribution in [3.8, 4) is 0 Å². The van der Waals surface area contributed by atoms with E-state index < -0.39 is 0 Å². The summed E-state index contributed by atoms with van der Waals surface area (Å²) in [6.45, 7) is 31.3. The second kappa shape index (κ2) is 8.88. The van der Waals surface area contributed by atoms with Gasteiger partial charge in [0.25, 0.3) is 0 Å². The van der Waals surface area contributed by atoms with Crippen LogP contribution in [0.4, 0.5) is 0 Å². The third kappa shape index (κ3) is 12.7. The van der Waals surface area contributed by atoms with E-state index in [4.69, 9.17) is 0 Å². The van der Waals surface area contributed by atoms with Gasteiger partial charge in [-0.2, -0.15) is 0 Å². The van der Waals surface area contributed by atoms with Gasteiger partial charge in [-0.1, -0.05) is 54.7 Å². The van der Waals surface area contributed by atoms with Crippen molar-refractivity contribution >= 4 is 11.8 Å². The van der Waals surface area contributed by atoms with E-state index in [-0.39, 0.29) is 33.7 Å². The van der Waals surface area contributed by atoms with Crippen molar-refractivity contribution in [2.45, 2.75) is 94.2 Å². The maximum absolute atomic E-state index is 11.6. The molecule has 0 saturated carbocycles. The number of carbonyl (C=O) groups is 2. The molecule has 0 fully saturated rings. The molecule has 0 aromatic carbocycles. The van der Waals surface area contributed by atoms with Gasteiger partial charge in [-0.15, -0.1) is 0 Å². The Hall–Kier alpha value is -1.58. The van der Waals surface area contributed by atoms with Crippen molar-refractivity contribution in [2.24, 2.45) is 10.8 Å². The van der Waals surface area contributed by atoms with Gasteiger partial charge in [-0.3, -0.25) is 9.59 Å². The minimum Gasteiger partial charge on any atom is -0.348 e. The fourth-order valence-electron chi connectivity index (χ4n) is 1.51. The highest BCUT2D eigenvalue weighted by molar-refractivity contribution is 5.94. The van der Waals surface area contributed by atoms with E-state index in [1.54, 1.807) is 0 Å². The van der Waals surface area contributed by atoms with E-state index in [1.807, 2.05) is 83.1 Å². The quantitative estimate of drug-likeness (QED) is 0.675. The van der Waals surface area contributed by atoms with E-state index in [2.05, 4.69) is 23.8 Å². The standard InChI is InChI=1S/2C11H21NO/c2*1-8(10(2,3)4)9(13)12-11(5,6)7/h2*1H2,2-7H3,(H,12,13). The first kappa shape index (κ1) is 26.6. The summed E-state index contributed by atoms with van der Waals surface area (Å²) >= 11 is 0. The van der Waals surface area contributed by atoms with Crippen molar-refractivity contribution in [2.75, 3.05) is 0 Å². The van der Waals surface area contributed by atoms with Crippen LogP contribution in [0.5, 0.6) is 0 Å². The largest absolute Gasteiger partial charge is 0.348 e. The van der Waals surface area contributed by atoms with Gasteiger partial charge < -0.3 is 10.6 Å². The molecule has 4 heteroatoms. The highest BCUT2D eigenvalue weighted by Crippen LogP contribution is 2.24. The Morgan fingerprint density at radius 1 is 0.538 bits per heavy atom. The van der Waals surface area contributed by atoms with E-state index in [1.165, 1.54) is 0 Å². The molecule has 0 saturated heterocycles. The number of rotatable bonds is 2. The Kier molecular flexibility index (Phi) is 9.10. The number of nitrogens with one attached hydrogen (secondary N) is 2. The Balaban J connectivity index is 0. The molecule has 0 aromatic heterocycles. The van der Waals surface area contributed by atoms with Crippen molar-refractivity contribution < 1.29 is 9.59 Å². The van der Waals surface area contributed by atoms with Crippen LogP contribution in [0.3, 0.4) is 0 Å². The summed E-state index contributed by atoms with van der Waals surface area (Å²) in [7, 11) is 0. The van der Waals surface area contributed by atoms with Gasteiger partial charge in [0.1, 0.15) is 0 Å². The molecule has 2 N–H and O–H groups in total. The van der Waals surface area contributed by atoms with Gasteiger partial charge in [0.05, 0.1) is 0 Å². The fourth-order valence-corrected chi connectivity index (χ4v) is 1.51. The van der Waals surface area contributed by atoms with Gasteiger partial charge >= 0.3 is 0 Å². The highest BCUT2D eigenvalue weighted by atomic mass is 16.2. The predicted octanol–water partition coefficient (Wildman–Crippen LogP) is 5.01. The SMILES string of the molecule is C=C(C(=O)NC(C)(C)C)C(C)(C)C.C=C(C(=O)NC(C)(C)C)C(C)(C)C. The Morgan fingerprint density at radius 3 is 0.846 bits per heavy atom. The predicted molar refractivity (Wildman–Crippen MR) is 113 cm³/mol. The Bertz CT molecular complexity index is 480. The lowest BCUT2D eigenvalue weighted by atomic mass is 9.86. The van der Waals surface area contributed by atoms with E-state index in [0.29, 0.717) is 11.1 Å². The maximum atomic E-state index is 11.6. The van der Waals surface area contributed by atoms with Crippen LogP contribution in [0, 0.1) is 10.8 Å². The van der Waals surface area contributed by atoms with Gasteiger partial charge in [0.2, 0.25) is 11.8 Å². The monoisotopic (exact) mass is 366 g/mol. The third-order valence-corrected chi connectivity index (χ3v) is 3.34. The minimum atomic E-state index is -0.189. The molecule has 0 aromatic rings. The number of hydrogen-bond donors (Lipinski definition) is 2. The zero-order chi connectivity index (χ0) is 21.7. The summed E-state index contributed by atoms with van der Waals surface area (Å²) in [5.41, 5.74) is 0.561. The molecule has 26 heavy (non-hydrogen) atoms.